The van der Waals surface area contributed by atoms with Crippen LogP contribution in [0.4, 0.5) is 0 Å². The van der Waals surface area contributed by atoms with Gasteiger partial charge < -0.3 is 9.84 Å². The number of phenolic OH excluding ortho intramolecular Hbond substituents is 1. The Labute approximate surface area is 103 Å². The minimum absolute atomic E-state index is 0.166. The van der Waals surface area contributed by atoms with Gasteiger partial charge in [-0.25, -0.2) is 0 Å². The molecule has 2 aromatic carbocycles. The maximum atomic E-state index is 12.1. The fourth-order valence-corrected chi connectivity index (χ4v) is 1.58. The Bertz CT molecular complexity index is 576. The number of ketones is 1. The summed E-state index contributed by atoms with van der Waals surface area (Å²) in [5, 5.41) is 9.73. The number of aromatic hydroxyl groups is 1. The number of benzene rings is 2. The minimum Gasteiger partial charge on any atom is -0.507 e. The summed E-state index contributed by atoms with van der Waals surface area (Å²) in [4.78, 5) is 22.2. The third-order valence-electron chi connectivity index (χ3n) is 2.43. The zero-order valence-corrected chi connectivity index (χ0v) is 9.37. The number of carbonyl (C=O) groups is 2. The molecule has 18 heavy (non-hydrogen) atoms. The molecule has 0 radical (unpaired) electrons. The van der Waals surface area contributed by atoms with Gasteiger partial charge in [-0.2, -0.15) is 0 Å². The minimum atomic E-state index is -0.286. The number of rotatable bonds is 4. The van der Waals surface area contributed by atoms with Gasteiger partial charge in [-0.05, 0) is 12.1 Å². The number of hydrogen-bond donors (Lipinski definition) is 1. The van der Waals surface area contributed by atoms with Crippen LogP contribution in [0.15, 0.2) is 48.5 Å². The van der Waals surface area contributed by atoms with Gasteiger partial charge in [0.2, 0.25) is 0 Å². The summed E-state index contributed by atoms with van der Waals surface area (Å²) in [5.74, 6) is -0.318. The smallest absolute Gasteiger partial charge is 0.298 e. The van der Waals surface area contributed by atoms with E-state index in [0.717, 1.165) is 0 Å². The van der Waals surface area contributed by atoms with Crippen molar-refractivity contribution >= 4 is 12.3 Å². The Hall–Kier alpha value is -2.62. The summed E-state index contributed by atoms with van der Waals surface area (Å²) >= 11 is 0. The molecule has 0 aliphatic heterocycles. The highest BCUT2D eigenvalue weighted by Gasteiger charge is 2.13. The van der Waals surface area contributed by atoms with Crippen molar-refractivity contribution in [1.29, 1.82) is 0 Å². The number of ether oxygens (including phenoxy) is 1. The van der Waals surface area contributed by atoms with Crippen molar-refractivity contribution in [3.8, 4) is 11.5 Å². The SMILES string of the molecule is O=COc1ccc(C(=O)c2ccccc2)c(O)c1. The largest absolute Gasteiger partial charge is 0.507 e. The second kappa shape index (κ2) is 5.14. The fraction of sp³-hybridized carbons (Fsp3) is 0. The quantitative estimate of drug-likeness (QED) is 0.659. The predicted molar refractivity (Wildman–Crippen MR) is 64.7 cm³/mol. The van der Waals surface area contributed by atoms with Crippen LogP contribution in [0, 0.1) is 0 Å². The molecule has 1 N–H and O–H groups in total. The van der Waals surface area contributed by atoms with Gasteiger partial charge in [0.15, 0.2) is 5.78 Å². The van der Waals surface area contributed by atoms with Crippen LogP contribution in [0.3, 0.4) is 0 Å². The molecule has 0 amide bonds. The molecule has 0 saturated heterocycles. The van der Waals surface area contributed by atoms with E-state index in [0.29, 0.717) is 5.56 Å². The summed E-state index contributed by atoms with van der Waals surface area (Å²) in [6.07, 6.45) is 0. The van der Waals surface area contributed by atoms with E-state index >= 15 is 0 Å². The van der Waals surface area contributed by atoms with E-state index in [1.807, 2.05) is 0 Å². The highest BCUT2D eigenvalue weighted by atomic mass is 16.5. The first-order valence-electron chi connectivity index (χ1n) is 5.25. The summed E-state index contributed by atoms with van der Waals surface area (Å²) < 4.78 is 4.58. The van der Waals surface area contributed by atoms with E-state index in [2.05, 4.69) is 4.74 Å². The zero-order chi connectivity index (χ0) is 13.0. The van der Waals surface area contributed by atoms with Gasteiger partial charge >= 0.3 is 0 Å². The highest BCUT2D eigenvalue weighted by Crippen LogP contribution is 2.25. The first kappa shape index (κ1) is 11.9. The molecule has 4 heteroatoms. The van der Waals surface area contributed by atoms with Gasteiger partial charge in [-0.1, -0.05) is 30.3 Å². The van der Waals surface area contributed by atoms with Gasteiger partial charge in [0.25, 0.3) is 6.47 Å². The van der Waals surface area contributed by atoms with Crippen molar-refractivity contribution in [3.63, 3.8) is 0 Å². The van der Waals surface area contributed by atoms with Gasteiger partial charge in [0.1, 0.15) is 11.5 Å². The lowest BCUT2D eigenvalue weighted by molar-refractivity contribution is -0.120. The number of phenols is 1. The number of carbonyl (C=O) groups excluding carboxylic acids is 2. The van der Waals surface area contributed by atoms with Crippen molar-refractivity contribution in [2.24, 2.45) is 0 Å². The lowest BCUT2D eigenvalue weighted by Crippen LogP contribution is -2.01. The van der Waals surface area contributed by atoms with E-state index in [1.165, 1.54) is 18.2 Å². The van der Waals surface area contributed by atoms with Crippen LogP contribution < -0.4 is 4.74 Å². The third kappa shape index (κ3) is 2.38. The van der Waals surface area contributed by atoms with Crippen LogP contribution in [-0.2, 0) is 4.79 Å². The summed E-state index contributed by atoms with van der Waals surface area (Å²) in [7, 11) is 0. The lowest BCUT2D eigenvalue weighted by atomic mass is 10.0. The standard InChI is InChI=1S/C14H10O4/c15-9-18-11-6-7-12(13(16)8-11)14(17)10-4-2-1-3-5-10/h1-9,16H. The van der Waals surface area contributed by atoms with Crippen LogP contribution in [0.2, 0.25) is 0 Å². The first-order valence-corrected chi connectivity index (χ1v) is 5.25. The molecule has 2 rings (SSSR count). The average Bonchev–Trinajstić information content (AvgIpc) is 2.40. The molecule has 90 valence electrons. The molecular formula is C14H10O4. The monoisotopic (exact) mass is 242 g/mol. The third-order valence-corrected chi connectivity index (χ3v) is 2.43. The maximum Gasteiger partial charge on any atom is 0.298 e. The summed E-state index contributed by atoms with van der Waals surface area (Å²) in [5.41, 5.74) is 0.649. The number of hydrogen-bond acceptors (Lipinski definition) is 4. The van der Waals surface area contributed by atoms with Crippen LogP contribution in [-0.4, -0.2) is 17.4 Å². The van der Waals surface area contributed by atoms with Crippen LogP contribution in [0.1, 0.15) is 15.9 Å². The maximum absolute atomic E-state index is 12.1. The average molecular weight is 242 g/mol. The molecule has 4 nitrogen and oxygen atoms in total. The van der Waals surface area contributed by atoms with Crippen LogP contribution >= 0.6 is 0 Å². The molecule has 0 atom stereocenters. The summed E-state index contributed by atoms with van der Waals surface area (Å²) in [6.45, 7) is 0.257. The van der Waals surface area contributed by atoms with E-state index < -0.39 is 0 Å². The fourth-order valence-electron chi connectivity index (χ4n) is 1.58. The Balaban J connectivity index is 2.34. The van der Waals surface area contributed by atoms with Gasteiger partial charge in [-0.3, -0.25) is 9.59 Å². The molecule has 0 spiro atoms. The molecule has 0 aromatic heterocycles. The molecule has 0 bridgehead atoms. The van der Waals surface area contributed by atoms with E-state index in [-0.39, 0.29) is 29.3 Å². The van der Waals surface area contributed by atoms with Crippen molar-refractivity contribution in [2.45, 2.75) is 0 Å². The molecule has 0 heterocycles. The van der Waals surface area contributed by atoms with Gasteiger partial charge in [0.05, 0.1) is 5.56 Å². The Morgan fingerprint density at radius 2 is 1.83 bits per heavy atom. The molecule has 0 fully saturated rings. The Morgan fingerprint density at radius 3 is 2.44 bits per heavy atom. The predicted octanol–water partition coefficient (Wildman–Crippen LogP) is 2.16. The Kier molecular flexibility index (Phi) is 3.38. The summed E-state index contributed by atoms with van der Waals surface area (Å²) in [6, 6.07) is 12.7. The van der Waals surface area contributed by atoms with Crippen molar-refractivity contribution in [2.75, 3.05) is 0 Å². The second-order valence-corrected chi connectivity index (χ2v) is 3.59. The molecule has 0 unspecified atom stereocenters. The highest BCUT2D eigenvalue weighted by molar-refractivity contribution is 6.10. The van der Waals surface area contributed by atoms with E-state index in [4.69, 9.17) is 0 Å². The van der Waals surface area contributed by atoms with Crippen molar-refractivity contribution in [3.05, 3.63) is 59.7 Å². The van der Waals surface area contributed by atoms with Crippen molar-refractivity contribution < 1.29 is 19.4 Å². The van der Waals surface area contributed by atoms with Crippen LogP contribution in [0.25, 0.3) is 0 Å². The molecular weight excluding hydrogens is 232 g/mol. The lowest BCUT2D eigenvalue weighted by Gasteiger charge is -2.05. The van der Waals surface area contributed by atoms with E-state index in [1.54, 1.807) is 30.3 Å². The van der Waals surface area contributed by atoms with Gasteiger partial charge in [0, 0.05) is 11.6 Å². The molecule has 0 saturated carbocycles. The van der Waals surface area contributed by atoms with Crippen LogP contribution in [0.5, 0.6) is 11.5 Å². The van der Waals surface area contributed by atoms with Crippen molar-refractivity contribution in [1.82, 2.24) is 0 Å². The normalized spacial score (nSPS) is 9.78. The molecule has 0 aliphatic rings. The molecule has 0 aliphatic carbocycles. The Morgan fingerprint density at radius 1 is 1.11 bits per heavy atom. The topological polar surface area (TPSA) is 63.6 Å². The zero-order valence-electron chi connectivity index (χ0n) is 9.37. The first-order chi connectivity index (χ1) is 8.72. The second-order valence-electron chi connectivity index (χ2n) is 3.59. The van der Waals surface area contributed by atoms with Gasteiger partial charge in [-0.15, -0.1) is 0 Å². The molecule has 2 aromatic rings. The van der Waals surface area contributed by atoms with E-state index in [9.17, 15) is 14.7 Å².